The maximum absolute atomic E-state index is 5.39. The number of benzene rings is 1. The summed E-state index contributed by atoms with van der Waals surface area (Å²) in [5.41, 5.74) is 5.06. The second kappa shape index (κ2) is 8.32. The number of rotatable bonds is 5. The lowest BCUT2D eigenvalue weighted by atomic mass is 9.93. The smallest absolute Gasteiger partial charge is 0.225 e. The van der Waals surface area contributed by atoms with Crippen molar-refractivity contribution >= 4 is 5.57 Å². The van der Waals surface area contributed by atoms with Gasteiger partial charge >= 0.3 is 0 Å². The normalized spacial score (nSPS) is 17.0. The molecule has 1 aliphatic carbocycles. The van der Waals surface area contributed by atoms with Crippen LogP contribution in [0.2, 0.25) is 0 Å². The molecular weight excluding hydrogens is 294 g/mol. The molecular formula is C22H29NO. The maximum atomic E-state index is 5.39. The Hall–Kier alpha value is -1.83. The monoisotopic (exact) mass is 323 g/mol. The van der Waals surface area contributed by atoms with Crippen LogP contribution < -0.4 is 0 Å². The van der Waals surface area contributed by atoms with Gasteiger partial charge < -0.3 is 4.42 Å². The van der Waals surface area contributed by atoms with E-state index in [1.807, 2.05) is 0 Å². The Bertz CT molecular complexity index is 661. The molecule has 0 aliphatic heterocycles. The zero-order valence-electron chi connectivity index (χ0n) is 15.1. The van der Waals surface area contributed by atoms with Gasteiger partial charge in [0.15, 0.2) is 0 Å². The van der Waals surface area contributed by atoms with Gasteiger partial charge in [-0.25, -0.2) is 4.98 Å². The van der Waals surface area contributed by atoms with Gasteiger partial charge in [0, 0.05) is 5.56 Å². The standard InChI is InChI=1S/C22H29NO/c1-17(8-7-11-19-9-5-3-4-6-10-19)21-13-12-20(16-18(21)2)22-23-14-15-24-22/h8,12-16,19H,3-7,9-11H2,1-2H3. The minimum absolute atomic E-state index is 0.694. The van der Waals surface area contributed by atoms with Gasteiger partial charge in [0.2, 0.25) is 5.89 Å². The summed E-state index contributed by atoms with van der Waals surface area (Å²) in [5.74, 6) is 1.64. The predicted molar refractivity (Wildman–Crippen MR) is 101 cm³/mol. The molecule has 2 aromatic rings. The minimum Gasteiger partial charge on any atom is -0.445 e. The van der Waals surface area contributed by atoms with Gasteiger partial charge in [-0.05, 0) is 61.4 Å². The van der Waals surface area contributed by atoms with E-state index in [0.29, 0.717) is 5.89 Å². The summed E-state index contributed by atoms with van der Waals surface area (Å²) in [5, 5.41) is 0. The summed E-state index contributed by atoms with van der Waals surface area (Å²) < 4.78 is 5.39. The highest BCUT2D eigenvalue weighted by Crippen LogP contribution is 2.28. The molecule has 2 heteroatoms. The molecule has 0 saturated heterocycles. The highest BCUT2D eigenvalue weighted by molar-refractivity contribution is 5.69. The highest BCUT2D eigenvalue weighted by atomic mass is 16.3. The van der Waals surface area contributed by atoms with Gasteiger partial charge in [0.05, 0.1) is 6.20 Å². The molecule has 1 saturated carbocycles. The first kappa shape index (κ1) is 17.0. The molecule has 1 fully saturated rings. The molecule has 0 unspecified atom stereocenters. The number of hydrogen-bond donors (Lipinski definition) is 0. The first-order valence-corrected chi connectivity index (χ1v) is 9.41. The molecule has 0 bridgehead atoms. The van der Waals surface area contributed by atoms with E-state index < -0.39 is 0 Å². The van der Waals surface area contributed by atoms with Crippen LogP contribution in [-0.4, -0.2) is 4.98 Å². The molecule has 1 aromatic carbocycles. The largest absolute Gasteiger partial charge is 0.445 e. The Kier molecular flexibility index (Phi) is 5.90. The van der Waals surface area contributed by atoms with Crippen LogP contribution in [0, 0.1) is 12.8 Å². The third-order valence-corrected chi connectivity index (χ3v) is 5.33. The van der Waals surface area contributed by atoms with Gasteiger partial charge in [-0.3, -0.25) is 0 Å². The van der Waals surface area contributed by atoms with E-state index in [0.717, 1.165) is 11.5 Å². The third kappa shape index (κ3) is 4.37. The quantitative estimate of drug-likeness (QED) is 0.565. The highest BCUT2D eigenvalue weighted by Gasteiger charge is 2.11. The summed E-state index contributed by atoms with van der Waals surface area (Å²) in [6.07, 6.45) is 17.0. The molecule has 24 heavy (non-hydrogen) atoms. The van der Waals surface area contributed by atoms with Gasteiger partial charge in [-0.15, -0.1) is 0 Å². The number of oxazole rings is 1. The lowest BCUT2D eigenvalue weighted by Crippen LogP contribution is -1.97. The fourth-order valence-electron chi connectivity index (χ4n) is 3.90. The summed E-state index contributed by atoms with van der Waals surface area (Å²) in [4.78, 5) is 4.23. The number of hydrogen-bond acceptors (Lipinski definition) is 2. The zero-order valence-corrected chi connectivity index (χ0v) is 15.1. The van der Waals surface area contributed by atoms with Crippen molar-refractivity contribution in [2.24, 2.45) is 5.92 Å². The van der Waals surface area contributed by atoms with Crippen LogP contribution in [-0.2, 0) is 0 Å². The zero-order chi connectivity index (χ0) is 16.8. The molecule has 0 amide bonds. The molecule has 0 atom stereocenters. The SMILES string of the molecule is CC(=CCCC1CCCCCC1)c1ccc(-c2ncco2)cc1C. The van der Waals surface area contributed by atoms with Crippen molar-refractivity contribution in [2.45, 2.75) is 65.2 Å². The van der Waals surface area contributed by atoms with Gasteiger partial charge in [-0.1, -0.05) is 50.7 Å². The van der Waals surface area contributed by atoms with Crippen molar-refractivity contribution in [3.8, 4) is 11.5 Å². The van der Waals surface area contributed by atoms with E-state index in [1.54, 1.807) is 12.5 Å². The van der Waals surface area contributed by atoms with E-state index in [-0.39, 0.29) is 0 Å². The molecule has 0 spiro atoms. The average Bonchev–Trinajstić information content (AvgIpc) is 3.00. The van der Waals surface area contributed by atoms with Crippen molar-refractivity contribution < 1.29 is 4.42 Å². The van der Waals surface area contributed by atoms with Crippen LogP contribution in [0.4, 0.5) is 0 Å². The van der Waals surface area contributed by atoms with E-state index in [1.165, 1.54) is 68.1 Å². The molecule has 0 N–H and O–H groups in total. The summed E-state index contributed by atoms with van der Waals surface area (Å²) in [6.45, 7) is 4.41. The lowest BCUT2D eigenvalue weighted by Gasteiger charge is -2.13. The van der Waals surface area contributed by atoms with Crippen LogP contribution in [0.15, 0.2) is 41.2 Å². The Morgan fingerprint density at radius 1 is 1.21 bits per heavy atom. The Morgan fingerprint density at radius 3 is 2.67 bits per heavy atom. The second-order valence-corrected chi connectivity index (χ2v) is 7.19. The summed E-state index contributed by atoms with van der Waals surface area (Å²) in [7, 11) is 0. The Balaban J connectivity index is 1.62. The number of aryl methyl sites for hydroxylation is 1. The van der Waals surface area contributed by atoms with Crippen LogP contribution in [0.25, 0.3) is 17.0 Å². The van der Waals surface area contributed by atoms with Gasteiger partial charge in [0.1, 0.15) is 6.26 Å². The fourth-order valence-corrected chi connectivity index (χ4v) is 3.90. The number of nitrogens with zero attached hydrogens (tertiary/aromatic N) is 1. The van der Waals surface area contributed by atoms with Crippen molar-refractivity contribution in [3.63, 3.8) is 0 Å². The molecule has 1 aromatic heterocycles. The van der Waals surface area contributed by atoms with Crippen LogP contribution in [0.3, 0.4) is 0 Å². The van der Waals surface area contributed by atoms with Crippen LogP contribution in [0.1, 0.15) is 69.4 Å². The van der Waals surface area contributed by atoms with Crippen molar-refractivity contribution in [3.05, 3.63) is 47.9 Å². The average molecular weight is 323 g/mol. The molecule has 0 radical (unpaired) electrons. The number of allylic oxidation sites excluding steroid dienone is 2. The van der Waals surface area contributed by atoms with Gasteiger partial charge in [0.25, 0.3) is 0 Å². The Labute approximate surface area is 146 Å². The van der Waals surface area contributed by atoms with Crippen LogP contribution >= 0.6 is 0 Å². The predicted octanol–water partition coefficient (Wildman–Crippen LogP) is 6.80. The minimum atomic E-state index is 0.694. The Morgan fingerprint density at radius 2 is 2.00 bits per heavy atom. The molecule has 2 nitrogen and oxygen atoms in total. The third-order valence-electron chi connectivity index (χ3n) is 5.33. The summed E-state index contributed by atoms with van der Waals surface area (Å²) >= 11 is 0. The molecule has 3 rings (SSSR count). The fraction of sp³-hybridized carbons (Fsp3) is 0.500. The van der Waals surface area contributed by atoms with E-state index in [9.17, 15) is 0 Å². The van der Waals surface area contributed by atoms with Crippen molar-refractivity contribution in [2.75, 3.05) is 0 Å². The molecule has 1 aliphatic rings. The molecule has 1 heterocycles. The first-order valence-electron chi connectivity index (χ1n) is 9.41. The second-order valence-electron chi connectivity index (χ2n) is 7.19. The number of aromatic nitrogens is 1. The van der Waals surface area contributed by atoms with E-state index >= 15 is 0 Å². The van der Waals surface area contributed by atoms with E-state index in [2.05, 4.69) is 43.1 Å². The maximum Gasteiger partial charge on any atom is 0.225 e. The van der Waals surface area contributed by atoms with Crippen molar-refractivity contribution in [1.82, 2.24) is 4.98 Å². The topological polar surface area (TPSA) is 26.0 Å². The molecule has 128 valence electrons. The van der Waals surface area contributed by atoms with Gasteiger partial charge in [-0.2, -0.15) is 0 Å². The van der Waals surface area contributed by atoms with E-state index in [4.69, 9.17) is 4.42 Å². The first-order chi connectivity index (χ1) is 11.7. The van der Waals surface area contributed by atoms with Crippen LogP contribution in [0.5, 0.6) is 0 Å². The van der Waals surface area contributed by atoms with Crippen molar-refractivity contribution in [1.29, 1.82) is 0 Å². The lowest BCUT2D eigenvalue weighted by molar-refractivity contribution is 0.432. The summed E-state index contributed by atoms with van der Waals surface area (Å²) in [6, 6.07) is 6.48.